The number of nitrogens with one attached hydrogen (secondary N) is 2. The minimum atomic E-state index is -0.684. The third-order valence-electron chi connectivity index (χ3n) is 7.07. The molecule has 194 valence electrons. The van der Waals surface area contributed by atoms with Crippen LogP contribution >= 0.6 is 11.6 Å². The Morgan fingerprint density at radius 2 is 1.76 bits per heavy atom. The molecule has 1 aliphatic rings. The van der Waals surface area contributed by atoms with E-state index in [1.807, 2.05) is 68.1 Å². The maximum atomic E-state index is 13.6. The van der Waals surface area contributed by atoms with E-state index in [0.717, 1.165) is 17.2 Å². The summed E-state index contributed by atoms with van der Waals surface area (Å²) < 4.78 is 0. The Labute approximate surface area is 222 Å². The van der Waals surface area contributed by atoms with E-state index >= 15 is 0 Å². The molecule has 2 N–H and O–H groups in total. The molecule has 3 aromatic carbocycles. The second-order valence-corrected chi connectivity index (χ2v) is 10.1. The molecule has 4 rings (SSSR count). The van der Waals surface area contributed by atoms with Gasteiger partial charge in [0.25, 0.3) is 5.91 Å². The van der Waals surface area contributed by atoms with Crippen molar-refractivity contribution in [3.05, 3.63) is 77.3 Å². The SMILES string of the molecule is CCC(C)C(NC(=O)Nc1cccc(Cl)c1)C(=O)N1CCN(C(=O)c2cccc3ccccc23)C(C)C1. The highest BCUT2D eigenvalue weighted by Crippen LogP contribution is 2.23. The summed E-state index contributed by atoms with van der Waals surface area (Å²) in [5.41, 5.74) is 1.22. The van der Waals surface area contributed by atoms with Crippen molar-refractivity contribution in [3.8, 4) is 0 Å². The quantitative estimate of drug-likeness (QED) is 0.456. The highest BCUT2D eigenvalue weighted by Gasteiger charge is 2.35. The molecule has 37 heavy (non-hydrogen) atoms. The fourth-order valence-corrected chi connectivity index (χ4v) is 4.97. The number of amides is 4. The van der Waals surface area contributed by atoms with Gasteiger partial charge >= 0.3 is 6.03 Å². The van der Waals surface area contributed by atoms with Gasteiger partial charge in [-0.3, -0.25) is 9.59 Å². The van der Waals surface area contributed by atoms with Gasteiger partial charge in [-0.25, -0.2) is 4.79 Å². The molecule has 3 aromatic rings. The summed E-state index contributed by atoms with van der Waals surface area (Å²) in [6, 6.07) is 19.2. The van der Waals surface area contributed by atoms with Crippen LogP contribution in [-0.4, -0.2) is 59.4 Å². The number of piperazine rings is 1. The topological polar surface area (TPSA) is 81.8 Å². The average Bonchev–Trinajstić information content (AvgIpc) is 2.90. The van der Waals surface area contributed by atoms with Gasteiger partial charge in [-0.15, -0.1) is 0 Å². The molecular formula is C29H33ClN4O3. The highest BCUT2D eigenvalue weighted by molar-refractivity contribution is 6.30. The number of hydrogen-bond donors (Lipinski definition) is 2. The van der Waals surface area contributed by atoms with Crippen LogP contribution in [0, 0.1) is 5.92 Å². The first-order valence-corrected chi connectivity index (χ1v) is 13.1. The number of anilines is 1. The van der Waals surface area contributed by atoms with E-state index in [4.69, 9.17) is 11.6 Å². The van der Waals surface area contributed by atoms with E-state index in [2.05, 4.69) is 10.6 Å². The molecule has 0 aliphatic carbocycles. The molecule has 0 radical (unpaired) electrons. The van der Waals surface area contributed by atoms with E-state index in [1.54, 1.807) is 29.2 Å². The van der Waals surface area contributed by atoms with Gasteiger partial charge in [0.2, 0.25) is 5.91 Å². The number of rotatable bonds is 6. The minimum Gasteiger partial charge on any atom is -0.337 e. The van der Waals surface area contributed by atoms with Gasteiger partial charge in [-0.05, 0) is 47.9 Å². The van der Waals surface area contributed by atoms with Gasteiger partial charge in [0.1, 0.15) is 6.04 Å². The lowest BCUT2D eigenvalue weighted by Gasteiger charge is -2.41. The van der Waals surface area contributed by atoms with Crippen LogP contribution in [0.25, 0.3) is 10.8 Å². The van der Waals surface area contributed by atoms with Crippen LogP contribution < -0.4 is 10.6 Å². The summed E-state index contributed by atoms with van der Waals surface area (Å²) in [6.45, 7) is 7.14. The number of fused-ring (bicyclic) bond motifs is 1. The summed E-state index contributed by atoms with van der Waals surface area (Å²) in [4.78, 5) is 43.4. The molecule has 7 nitrogen and oxygen atoms in total. The number of carbonyl (C=O) groups is 3. The largest absolute Gasteiger partial charge is 0.337 e. The van der Waals surface area contributed by atoms with Gasteiger partial charge in [-0.1, -0.05) is 74.3 Å². The zero-order valence-corrected chi connectivity index (χ0v) is 22.2. The molecule has 3 atom stereocenters. The molecule has 1 fully saturated rings. The van der Waals surface area contributed by atoms with Crippen molar-refractivity contribution in [1.82, 2.24) is 15.1 Å². The molecule has 1 saturated heterocycles. The lowest BCUT2D eigenvalue weighted by molar-refractivity contribution is -0.136. The molecule has 1 heterocycles. The Kier molecular flexibility index (Phi) is 8.34. The van der Waals surface area contributed by atoms with Crippen molar-refractivity contribution < 1.29 is 14.4 Å². The van der Waals surface area contributed by atoms with Crippen molar-refractivity contribution >= 4 is 45.9 Å². The second kappa shape index (κ2) is 11.6. The average molecular weight is 521 g/mol. The van der Waals surface area contributed by atoms with E-state index in [1.165, 1.54) is 0 Å². The van der Waals surface area contributed by atoms with Crippen molar-refractivity contribution in [3.63, 3.8) is 0 Å². The molecule has 1 aliphatic heterocycles. The van der Waals surface area contributed by atoms with Gasteiger partial charge in [0.15, 0.2) is 0 Å². The first-order valence-electron chi connectivity index (χ1n) is 12.7. The van der Waals surface area contributed by atoms with Gasteiger partial charge in [0, 0.05) is 41.9 Å². The van der Waals surface area contributed by atoms with Crippen LogP contribution in [0.15, 0.2) is 66.7 Å². The number of nitrogens with zero attached hydrogens (tertiary/aromatic N) is 2. The van der Waals surface area contributed by atoms with Crippen LogP contribution in [0.1, 0.15) is 37.6 Å². The van der Waals surface area contributed by atoms with E-state index in [-0.39, 0.29) is 23.8 Å². The van der Waals surface area contributed by atoms with Crippen LogP contribution in [0.2, 0.25) is 5.02 Å². The Morgan fingerprint density at radius 3 is 2.49 bits per heavy atom. The molecule has 8 heteroatoms. The summed E-state index contributed by atoms with van der Waals surface area (Å²) in [7, 11) is 0. The molecular weight excluding hydrogens is 488 g/mol. The maximum Gasteiger partial charge on any atom is 0.319 e. The van der Waals surface area contributed by atoms with Crippen molar-refractivity contribution in [2.45, 2.75) is 39.3 Å². The number of urea groups is 1. The Morgan fingerprint density at radius 1 is 1.03 bits per heavy atom. The third kappa shape index (κ3) is 6.05. The summed E-state index contributed by atoms with van der Waals surface area (Å²) in [6.07, 6.45) is 0.725. The fraction of sp³-hybridized carbons (Fsp3) is 0.345. The maximum absolute atomic E-state index is 13.6. The summed E-state index contributed by atoms with van der Waals surface area (Å²) in [5.74, 6) is -0.239. The smallest absolute Gasteiger partial charge is 0.319 e. The van der Waals surface area contributed by atoms with Crippen LogP contribution in [0.4, 0.5) is 10.5 Å². The van der Waals surface area contributed by atoms with Crippen LogP contribution in [0.3, 0.4) is 0 Å². The Balaban J connectivity index is 1.44. The number of benzene rings is 3. The lowest BCUT2D eigenvalue weighted by Crippen LogP contribution is -2.60. The van der Waals surface area contributed by atoms with Gasteiger partial charge < -0.3 is 20.4 Å². The summed E-state index contributed by atoms with van der Waals surface area (Å²) in [5, 5.41) is 8.07. The number of halogens is 1. The normalized spacial score (nSPS) is 17.2. The van der Waals surface area contributed by atoms with E-state index in [9.17, 15) is 14.4 Å². The van der Waals surface area contributed by atoms with Crippen molar-refractivity contribution in [2.75, 3.05) is 25.0 Å². The van der Waals surface area contributed by atoms with E-state index < -0.39 is 12.1 Å². The van der Waals surface area contributed by atoms with Crippen molar-refractivity contribution in [2.24, 2.45) is 5.92 Å². The molecule has 4 amide bonds. The monoisotopic (exact) mass is 520 g/mol. The number of carbonyl (C=O) groups excluding carboxylic acids is 3. The molecule has 3 unspecified atom stereocenters. The standard InChI is InChI=1S/C29H33ClN4O3/c1-4-19(2)26(32-29(37)31-23-12-8-11-22(30)17-23)28(36)33-15-16-34(20(3)18-33)27(35)25-14-7-10-21-9-5-6-13-24(21)25/h5-14,17,19-20,26H,4,15-16,18H2,1-3H3,(H2,31,32,37). The minimum absolute atomic E-state index is 0.0334. The highest BCUT2D eigenvalue weighted by atomic mass is 35.5. The second-order valence-electron chi connectivity index (χ2n) is 9.63. The predicted molar refractivity (Wildman–Crippen MR) is 148 cm³/mol. The van der Waals surface area contributed by atoms with E-state index in [0.29, 0.717) is 35.9 Å². The first kappa shape index (κ1) is 26.5. The van der Waals surface area contributed by atoms with Gasteiger partial charge in [0.05, 0.1) is 0 Å². The fourth-order valence-electron chi connectivity index (χ4n) is 4.78. The molecule has 0 bridgehead atoms. The lowest BCUT2D eigenvalue weighted by atomic mass is 9.97. The Hall–Kier alpha value is -3.58. The first-order chi connectivity index (χ1) is 17.8. The summed E-state index contributed by atoms with van der Waals surface area (Å²) >= 11 is 6.01. The zero-order chi connectivity index (χ0) is 26.5. The third-order valence-corrected chi connectivity index (χ3v) is 7.30. The van der Waals surface area contributed by atoms with Crippen LogP contribution in [-0.2, 0) is 4.79 Å². The zero-order valence-electron chi connectivity index (χ0n) is 21.4. The predicted octanol–water partition coefficient (Wildman–Crippen LogP) is 5.40. The Bertz CT molecular complexity index is 1290. The van der Waals surface area contributed by atoms with Gasteiger partial charge in [-0.2, -0.15) is 0 Å². The number of hydrogen-bond acceptors (Lipinski definition) is 3. The molecule has 0 spiro atoms. The van der Waals surface area contributed by atoms with Crippen molar-refractivity contribution in [1.29, 1.82) is 0 Å². The molecule has 0 aromatic heterocycles. The van der Waals surface area contributed by atoms with Crippen LogP contribution in [0.5, 0.6) is 0 Å². The molecule has 0 saturated carbocycles.